The van der Waals surface area contributed by atoms with Crippen LogP contribution in [-0.2, 0) is 4.74 Å². The molecule has 1 radical (unpaired) electrons. The molecule has 0 aromatic heterocycles. The minimum atomic E-state index is 0.203. The number of hydrogen-bond acceptors (Lipinski definition) is 3. The fourth-order valence-corrected chi connectivity index (χ4v) is 1.12. The van der Waals surface area contributed by atoms with Crippen LogP contribution in [0.3, 0.4) is 0 Å². The van der Waals surface area contributed by atoms with Gasteiger partial charge in [-0.2, -0.15) is 0 Å². The first-order valence-corrected chi connectivity index (χ1v) is 4.43. The third kappa shape index (κ3) is 6.58. The topological polar surface area (TPSA) is 49.7 Å². The molecule has 0 saturated carbocycles. The van der Waals surface area contributed by atoms with Crippen LogP contribution in [0.2, 0.25) is 0 Å². The predicted molar refractivity (Wildman–Crippen MR) is 47.4 cm³/mol. The van der Waals surface area contributed by atoms with Crippen LogP contribution in [0.4, 0.5) is 0 Å². The number of aliphatic hydroxyl groups is 2. The van der Waals surface area contributed by atoms with Gasteiger partial charge in [0.05, 0.1) is 7.11 Å². The summed E-state index contributed by atoms with van der Waals surface area (Å²) in [5, 5.41) is 17.4. The summed E-state index contributed by atoms with van der Waals surface area (Å²) in [5.41, 5.74) is 0. The summed E-state index contributed by atoms with van der Waals surface area (Å²) in [6, 6.07) is 0. The number of rotatable bonds is 8. The van der Waals surface area contributed by atoms with E-state index in [1.807, 2.05) is 0 Å². The summed E-state index contributed by atoms with van der Waals surface area (Å²) in [4.78, 5) is 0. The van der Waals surface area contributed by atoms with E-state index < -0.39 is 0 Å². The second kappa shape index (κ2) is 8.97. The van der Waals surface area contributed by atoms with Crippen molar-refractivity contribution in [2.75, 3.05) is 19.8 Å². The highest BCUT2D eigenvalue weighted by Crippen LogP contribution is 2.11. The van der Waals surface area contributed by atoms with Gasteiger partial charge < -0.3 is 14.9 Å². The smallest absolute Gasteiger partial charge is 0.0700 e. The Morgan fingerprint density at radius 3 is 2.42 bits per heavy atom. The second-order valence-electron chi connectivity index (χ2n) is 2.96. The molecule has 0 rings (SSSR count). The standard InChI is InChI=1S/C9H19O3/c1-12-7-5-9(8-11)4-2-3-6-10/h9-11H,1-8H2/t9-/m0/s1. The van der Waals surface area contributed by atoms with Crippen molar-refractivity contribution >= 4 is 0 Å². The van der Waals surface area contributed by atoms with E-state index in [1.54, 1.807) is 0 Å². The molecular formula is C9H19O3. The third-order valence-electron chi connectivity index (χ3n) is 1.95. The molecule has 0 heterocycles. The molecule has 0 aliphatic heterocycles. The monoisotopic (exact) mass is 175 g/mol. The van der Waals surface area contributed by atoms with E-state index >= 15 is 0 Å². The van der Waals surface area contributed by atoms with Crippen molar-refractivity contribution in [1.29, 1.82) is 0 Å². The molecule has 0 spiro atoms. The van der Waals surface area contributed by atoms with Crippen LogP contribution in [-0.4, -0.2) is 30.0 Å². The highest BCUT2D eigenvalue weighted by molar-refractivity contribution is 4.57. The Morgan fingerprint density at radius 1 is 1.17 bits per heavy atom. The lowest BCUT2D eigenvalue weighted by Crippen LogP contribution is -2.09. The molecule has 0 aromatic carbocycles. The summed E-state index contributed by atoms with van der Waals surface area (Å²) < 4.78 is 4.67. The lowest BCUT2D eigenvalue weighted by molar-refractivity contribution is 0.159. The average molecular weight is 175 g/mol. The second-order valence-corrected chi connectivity index (χ2v) is 2.96. The zero-order valence-corrected chi connectivity index (χ0v) is 7.54. The largest absolute Gasteiger partial charge is 0.396 e. The molecular weight excluding hydrogens is 156 g/mol. The van der Waals surface area contributed by atoms with Crippen molar-refractivity contribution in [3.05, 3.63) is 7.11 Å². The molecule has 3 heteroatoms. The van der Waals surface area contributed by atoms with Gasteiger partial charge in [-0.05, 0) is 25.2 Å². The molecule has 12 heavy (non-hydrogen) atoms. The zero-order valence-electron chi connectivity index (χ0n) is 7.54. The van der Waals surface area contributed by atoms with Gasteiger partial charge in [0, 0.05) is 19.8 Å². The fourth-order valence-electron chi connectivity index (χ4n) is 1.12. The molecule has 73 valence electrons. The molecule has 0 amide bonds. The molecule has 0 unspecified atom stereocenters. The van der Waals surface area contributed by atoms with Crippen LogP contribution in [0.1, 0.15) is 25.7 Å². The van der Waals surface area contributed by atoms with Crippen molar-refractivity contribution in [2.24, 2.45) is 5.92 Å². The van der Waals surface area contributed by atoms with Crippen LogP contribution in [0.25, 0.3) is 0 Å². The van der Waals surface area contributed by atoms with Gasteiger partial charge in [-0.3, -0.25) is 0 Å². The Labute approximate surface area is 74.4 Å². The summed E-state index contributed by atoms with van der Waals surface area (Å²) in [6.07, 6.45) is 3.60. The zero-order chi connectivity index (χ0) is 9.23. The van der Waals surface area contributed by atoms with E-state index in [2.05, 4.69) is 11.8 Å². The van der Waals surface area contributed by atoms with E-state index in [0.29, 0.717) is 12.5 Å². The van der Waals surface area contributed by atoms with Crippen LogP contribution in [0.5, 0.6) is 0 Å². The van der Waals surface area contributed by atoms with E-state index in [-0.39, 0.29) is 13.2 Å². The van der Waals surface area contributed by atoms with Crippen LogP contribution < -0.4 is 0 Å². The van der Waals surface area contributed by atoms with Gasteiger partial charge in [-0.1, -0.05) is 6.42 Å². The molecule has 2 N–H and O–H groups in total. The van der Waals surface area contributed by atoms with Gasteiger partial charge in [-0.25, -0.2) is 0 Å². The molecule has 0 aliphatic carbocycles. The van der Waals surface area contributed by atoms with Gasteiger partial charge in [0.15, 0.2) is 0 Å². The summed E-state index contributed by atoms with van der Waals surface area (Å²) in [7, 11) is 3.27. The number of unbranched alkanes of at least 4 members (excludes halogenated alkanes) is 1. The Kier molecular flexibility index (Phi) is 8.88. The van der Waals surface area contributed by atoms with Crippen molar-refractivity contribution in [1.82, 2.24) is 0 Å². The third-order valence-corrected chi connectivity index (χ3v) is 1.95. The van der Waals surface area contributed by atoms with Gasteiger partial charge >= 0.3 is 0 Å². The maximum Gasteiger partial charge on any atom is 0.0700 e. The molecule has 0 aliphatic rings. The van der Waals surface area contributed by atoms with Gasteiger partial charge in [0.1, 0.15) is 0 Å². The summed E-state index contributed by atoms with van der Waals surface area (Å²) in [5.74, 6) is 0.304. The predicted octanol–water partition coefficient (Wildman–Crippen LogP) is 0.956. The minimum Gasteiger partial charge on any atom is -0.396 e. The van der Waals surface area contributed by atoms with Gasteiger partial charge in [0.2, 0.25) is 0 Å². The Hall–Kier alpha value is -0.120. The average Bonchev–Trinajstić information content (AvgIpc) is 2.11. The molecule has 0 aromatic rings. The highest BCUT2D eigenvalue weighted by atomic mass is 16.5. The Morgan fingerprint density at radius 2 is 1.92 bits per heavy atom. The molecule has 0 saturated heterocycles. The lowest BCUT2D eigenvalue weighted by Gasteiger charge is -2.12. The first kappa shape index (κ1) is 11.9. The summed E-state index contributed by atoms with van der Waals surface area (Å²) in [6.45, 7) is 1.04. The highest BCUT2D eigenvalue weighted by Gasteiger charge is 2.05. The molecule has 3 nitrogen and oxygen atoms in total. The van der Waals surface area contributed by atoms with Crippen molar-refractivity contribution in [3.63, 3.8) is 0 Å². The Bertz CT molecular complexity index is 85.8. The minimum absolute atomic E-state index is 0.203. The number of hydrogen-bond donors (Lipinski definition) is 2. The fraction of sp³-hybridized carbons (Fsp3) is 0.889. The van der Waals surface area contributed by atoms with Crippen molar-refractivity contribution < 1.29 is 14.9 Å². The normalized spacial score (nSPS) is 13.2. The van der Waals surface area contributed by atoms with Gasteiger partial charge in [0.25, 0.3) is 0 Å². The summed E-state index contributed by atoms with van der Waals surface area (Å²) >= 11 is 0. The molecule has 0 bridgehead atoms. The van der Waals surface area contributed by atoms with Crippen LogP contribution in [0.15, 0.2) is 0 Å². The van der Waals surface area contributed by atoms with Crippen LogP contribution >= 0.6 is 0 Å². The quantitative estimate of drug-likeness (QED) is 0.540. The molecule has 0 fully saturated rings. The van der Waals surface area contributed by atoms with Crippen molar-refractivity contribution in [2.45, 2.75) is 25.7 Å². The van der Waals surface area contributed by atoms with E-state index in [0.717, 1.165) is 25.7 Å². The molecule has 1 atom stereocenters. The van der Waals surface area contributed by atoms with E-state index in [4.69, 9.17) is 10.2 Å². The number of ether oxygens (including phenoxy) is 1. The maximum atomic E-state index is 8.91. The van der Waals surface area contributed by atoms with Crippen molar-refractivity contribution in [3.8, 4) is 0 Å². The van der Waals surface area contributed by atoms with Gasteiger partial charge in [-0.15, -0.1) is 0 Å². The SMILES string of the molecule is [CH2]OCC[C@@H](CO)CCCCO. The number of aliphatic hydroxyl groups excluding tert-OH is 2. The van der Waals surface area contributed by atoms with E-state index in [9.17, 15) is 0 Å². The van der Waals surface area contributed by atoms with E-state index in [1.165, 1.54) is 0 Å². The van der Waals surface area contributed by atoms with Crippen LogP contribution in [0, 0.1) is 13.0 Å². The first-order chi connectivity index (χ1) is 5.85. The Balaban J connectivity index is 3.26. The first-order valence-electron chi connectivity index (χ1n) is 4.43. The lowest BCUT2D eigenvalue weighted by atomic mass is 10.00. The maximum absolute atomic E-state index is 8.91.